The number of halogens is 1. The molecule has 34 heavy (non-hydrogen) atoms. The number of carbonyl (C=O) groups excluding carboxylic acids is 1. The van der Waals surface area contributed by atoms with Crippen molar-refractivity contribution in [2.24, 2.45) is 0 Å². The first kappa shape index (κ1) is 23.4. The van der Waals surface area contributed by atoms with E-state index in [1.807, 2.05) is 24.3 Å². The number of para-hydroxylation sites is 1. The Balaban J connectivity index is 1.45. The zero-order chi connectivity index (χ0) is 24.1. The number of anilines is 2. The van der Waals surface area contributed by atoms with E-state index >= 15 is 0 Å². The third-order valence-corrected chi connectivity index (χ3v) is 6.09. The molecule has 0 atom stereocenters. The summed E-state index contributed by atoms with van der Waals surface area (Å²) in [5.74, 6) is 0.493. The van der Waals surface area contributed by atoms with Gasteiger partial charge in [-0.2, -0.15) is 0 Å². The van der Waals surface area contributed by atoms with Gasteiger partial charge < -0.3 is 19.9 Å². The molecule has 0 bridgehead atoms. The third-order valence-electron chi connectivity index (χ3n) is 5.84. The van der Waals surface area contributed by atoms with Gasteiger partial charge in [0.05, 0.1) is 17.6 Å². The second kappa shape index (κ2) is 10.4. The maximum Gasteiger partial charge on any atom is 0.292 e. The molecule has 4 rings (SSSR count). The first-order valence-corrected chi connectivity index (χ1v) is 11.3. The molecule has 0 aromatic heterocycles. The number of hydrogen-bond donors (Lipinski definition) is 1. The van der Waals surface area contributed by atoms with E-state index in [1.165, 1.54) is 6.07 Å². The quantitative estimate of drug-likeness (QED) is 0.385. The molecule has 1 saturated heterocycles. The smallest absolute Gasteiger partial charge is 0.292 e. The number of nitrogens with one attached hydrogen (secondary N) is 1. The molecule has 1 aliphatic heterocycles. The molecular formula is C25H25ClN4O4. The van der Waals surface area contributed by atoms with E-state index in [2.05, 4.69) is 10.2 Å². The van der Waals surface area contributed by atoms with Gasteiger partial charge in [0.15, 0.2) is 0 Å². The van der Waals surface area contributed by atoms with Crippen molar-refractivity contribution in [2.75, 3.05) is 43.5 Å². The zero-order valence-electron chi connectivity index (χ0n) is 18.7. The van der Waals surface area contributed by atoms with E-state index in [-0.39, 0.29) is 11.6 Å². The van der Waals surface area contributed by atoms with Crippen LogP contribution in [0, 0.1) is 10.1 Å². The largest absolute Gasteiger partial charge is 0.496 e. The van der Waals surface area contributed by atoms with Gasteiger partial charge in [-0.1, -0.05) is 35.9 Å². The lowest BCUT2D eigenvalue weighted by molar-refractivity contribution is -0.384. The van der Waals surface area contributed by atoms with Crippen molar-refractivity contribution in [1.82, 2.24) is 4.90 Å². The molecule has 1 fully saturated rings. The molecule has 1 N–H and O–H groups in total. The summed E-state index contributed by atoms with van der Waals surface area (Å²) in [6.07, 6.45) is 0. The number of nitro benzene ring substituents is 1. The van der Waals surface area contributed by atoms with Crippen LogP contribution in [0.1, 0.15) is 15.9 Å². The maximum atomic E-state index is 13.0. The molecule has 0 aliphatic carbocycles. The van der Waals surface area contributed by atoms with Gasteiger partial charge in [-0.05, 0) is 42.0 Å². The van der Waals surface area contributed by atoms with Gasteiger partial charge >= 0.3 is 0 Å². The maximum absolute atomic E-state index is 13.0. The van der Waals surface area contributed by atoms with Crippen molar-refractivity contribution in [3.8, 4) is 5.75 Å². The van der Waals surface area contributed by atoms with E-state index in [1.54, 1.807) is 48.4 Å². The lowest BCUT2D eigenvalue weighted by Crippen LogP contribution is -2.48. The second-order valence-electron chi connectivity index (χ2n) is 7.92. The molecule has 0 unspecified atom stereocenters. The Hall–Kier alpha value is -3.78. The Kier molecular flexibility index (Phi) is 7.18. The predicted molar refractivity (Wildman–Crippen MR) is 133 cm³/mol. The summed E-state index contributed by atoms with van der Waals surface area (Å²) in [4.78, 5) is 28.1. The zero-order valence-corrected chi connectivity index (χ0v) is 19.5. The molecule has 0 radical (unpaired) electrons. The monoisotopic (exact) mass is 480 g/mol. The Morgan fingerprint density at radius 1 is 1.06 bits per heavy atom. The van der Waals surface area contributed by atoms with Crippen LogP contribution in [0.2, 0.25) is 5.02 Å². The van der Waals surface area contributed by atoms with Gasteiger partial charge in [0, 0.05) is 49.5 Å². The summed E-state index contributed by atoms with van der Waals surface area (Å²) in [6.45, 7) is 2.76. The molecule has 3 aromatic carbocycles. The Bertz CT molecular complexity index is 1180. The first-order chi connectivity index (χ1) is 16.5. The molecule has 3 aromatic rings. The highest BCUT2D eigenvalue weighted by Crippen LogP contribution is 2.31. The Labute approximate surface area is 202 Å². The lowest BCUT2D eigenvalue weighted by atomic mass is 10.1. The van der Waals surface area contributed by atoms with Gasteiger partial charge in [-0.3, -0.25) is 14.9 Å². The number of rotatable bonds is 7. The number of amides is 1. The van der Waals surface area contributed by atoms with E-state index in [4.69, 9.17) is 16.3 Å². The number of piperazine rings is 1. The average molecular weight is 481 g/mol. The van der Waals surface area contributed by atoms with Gasteiger partial charge in [0.2, 0.25) is 0 Å². The molecule has 1 amide bonds. The minimum absolute atomic E-state index is 0.0164. The number of carbonyl (C=O) groups is 1. The summed E-state index contributed by atoms with van der Waals surface area (Å²) < 4.78 is 5.33. The van der Waals surface area contributed by atoms with Crippen LogP contribution in [0.15, 0.2) is 66.7 Å². The molecule has 176 valence electrons. The number of methoxy groups -OCH3 is 1. The SMILES string of the molecule is COc1ccccc1C(=O)N1CCN(c2ccc([N+](=O)[O-])c(NCc3ccc(Cl)cc3)c2)CC1. The fourth-order valence-corrected chi connectivity index (χ4v) is 4.11. The molecule has 0 spiro atoms. The highest BCUT2D eigenvalue weighted by atomic mass is 35.5. The van der Waals surface area contributed by atoms with Crippen molar-refractivity contribution in [2.45, 2.75) is 6.54 Å². The van der Waals surface area contributed by atoms with E-state index < -0.39 is 4.92 Å². The van der Waals surface area contributed by atoms with E-state index in [9.17, 15) is 14.9 Å². The van der Waals surface area contributed by atoms with Crippen LogP contribution in [0.3, 0.4) is 0 Å². The second-order valence-corrected chi connectivity index (χ2v) is 8.35. The van der Waals surface area contributed by atoms with Crippen LogP contribution >= 0.6 is 11.6 Å². The summed E-state index contributed by atoms with van der Waals surface area (Å²) in [7, 11) is 1.55. The molecule has 0 saturated carbocycles. The van der Waals surface area contributed by atoms with E-state index in [0.717, 1.165) is 11.3 Å². The molecule has 1 heterocycles. The predicted octanol–water partition coefficient (Wildman–Crippen LogP) is 4.83. The van der Waals surface area contributed by atoms with Crippen molar-refractivity contribution in [3.05, 3.63) is 93.0 Å². The van der Waals surface area contributed by atoms with E-state index in [0.29, 0.717) is 54.7 Å². The van der Waals surface area contributed by atoms with Crippen molar-refractivity contribution < 1.29 is 14.5 Å². The normalized spacial score (nSPS) is 13.5. The summed E-state index contributed by atoms with van der Waals surface area (Å²) in [6, 6.07) is 19.6. The average Bonchev–Trinajstić information content (AvgIpc) is 2.87. The fraction of sp³-hybridized carbons (Fsp3) is 0.240. The minimum Gasteiger partial charge on any atom is -0.496 e. The number of nitro groups is 1. The number of ether oxygens (including phenoxy) is 1. The Morgan fingerprint density at radius 2 is 1.76 bits per heavy atom. The van der Waals surface area contributed by atoms with Crippen LogP contribution in [-0.4, -0.2) is 49.0 Å². The minimum atomic E-state index is -0.391. The van der Waals surface area contributed by atoms with Gasteiger partial charge in [-0.15, -0.1) is 0 Å². The van der Waals surface area contributed by atoms with Crippen LogP contribution in [0.25, 0.3) is 0 Å². The summed E-state index contributed by atoms with van der Waals surface area (Å²) >= 11 is 5.94. The summed E-state index contributed by atoms with van der Waals surface area (Å²) in [5.41, 5.74) is 2.84. The van der Waals surface area contributed by atoms with Crippen molar-refractivity contribution >= 4 is 34.6 Å². The van der Waals surface area contributed by atoms with Gasteiger partial charge in [-0.25, -0.2) is 0 Å². The number of benzene rings is 3. The van der Waals surface area contributed by atoms with Crippen LogP contribution in [0.5, 0.6) is 5.75 Å². The lowest BCUT2D eigenvalue weighted by Gasteiger charge is -2.36. The third kappa shape index (κ3) is 5.23. The molecule has 9 heteroatoms. The van der Waals surface area contributed by atoms with Gasteiger partial charge in [0.1, 0.15) is 11.4 Å². The van der Waals surface area contributed by atoms with Crippen molar-refractivity contribution in [1.29, 1.82) is 0 Å². The molecular weight excluding hydrogens is 456 g/mol. The standard InChI is InChI=1S/C25H25ClN4O4/c1-34-24-5-3-2-4-21(24)25(31)29-14-12-28(13-15-29)20-10-11-23(30(32)33)22(16-20)27-17-18-6-8-19(26)9-7-18/h2-11,16,27H,12-15,17H2,1H3. The number of hydrogen-bond acceptors (Lipinski definition) is 6. The molecule has 1 aliphatic rings. The van der Waals surface area contributed by atoms with Gasteiger partial charge in [0.25, 0.3) is 11.6 Å². The Morgan fingerprint density at radius 3 is 2.44 bits per heavy atom. The highest BCUT2D eigenvalue weighted by molar-refractivity contribution is 6.30. The van der Waals surface area contributed by atoms with Crippen LogP contribution in [-0.2, 0) is 6.54 Å². The van der Waals surface area contributed by atoms with Crippen LogP contribution < -0.4 is 15.0 Å². The fourth-order valence-electron chi connectivity index (χ4n) is 3.98. The summed E-state index contributed by atoms with van der Waals surface area (Å²) in [5, 5.41) is 15.4. The molecule has 8 nitrogen and oxygen atoms in total. The topological polar surface area (TPSA) is 88.0 Å². The number of nitrogens with zero attached hydrogens (tertiary/aromatic N) is 3. The first-order valence-electron chi connectivity index (χ1n) is 10.9. The van der Waals surface area contributed by atoms with Crippen molar-refractivity contribution in [3.63, 3.8) is 0 Å². The highest BCUT2D eigenvalue weighted by Gasteiger charge is 2.25. The van der Waals surface area contributed by atoms with Crippen LogP contribution in [0.4, 0.5) is 17.1 Å².